The number of anilines is 1. The van der Waals surface area contributed by atoms with Gasteiger partial charge in [0.05, 0.1) is 17.7 Å². The molecule has 20 heavy (non-hydrogen) atoms. The molecule has 1 aliphatic carbocycles. The van der Waals surface area contributed by atoms with Gasteiger partial charge in [0.1, 0.15) is 0 Å². The predicted octanol–water partition coefficient (Wildman–Crippen LogP) is 1.18. The lowest BCUT2D eigenvalue weighted by atomic mass is 9.91. The first-order valence-electron chi connectivity index (χ1n) is 7.11. The summed E-state index contributed by atoms with van der Waals surface area (Å²) in [6.45, 7) is 0. The van der Waals surface area contributed by atoms with Crippen molar-refractivity contribution in [2.45, 2.75) is 44.2 Å². The molecule has 0 bridgehead atoms. The average Bonchev–Trinajstić information content (AvgIpc) is 2.81. The third-order valence-corrected chi connectivity index (χ3v) is 4.12. The summed E-state index contributed by atoms with van der Waals surface area (Å²) < 4.78 is 0. The minimum absolute atomic E-state index is 0.0520. The second-order valence-electron chi connectivity index (χ2n) is 5.65. The molecule has 0 aromatic heterocycles. The summed E-state index contributed by atoms with van der Waals surface area (Å²) in [6, 6.07) is 5.92. The molecule has 1 aliphatic heterocycles. The van der Waals surface area contributed by atoms with E-state index < -0.39 is 0 Å². The largest absolute Gasteiger partial charge is 0.349 e. The quantitative estimate of drug-likeness (QED) is 0.756. The predicted molar refractivity (Wildman–Crippen MR) is 76.5 cm³/mol. The maximum Gasteiger partial charge on any atom is 0.253 e. The molecule has 2 aliphatic rings. The van der Waals surface area contributed by atoms with Gasteiger partial charge >= 0.3 is 0 Å². The molecule has 0 saturated heterocycles. The number of carbonyl (C=O) groups is 2. The maximum atomic E-state index is 12.4. The number of fused-ring (bicyclic) bond motifs is 1. The summed E-state index contributed by atoms with van der Waals surface area (Å²) in [4.78, 5) is 23.8. The first kappa shape index (κ1) is 13.1. The highest BCUT2D eigenvalue weighted by atomic mass is 16.2. The molecule has 0 unspecified atom stereocenters. The van der Waals surface area contributed by atoms with Crippen molar-refractivity contribution < 1.29 is 9.59 Å². The second-order valence-corrected chi connectivity index (χ2v) is 5.65. The van der Waals surface area contributed by atoms with Crippen LogP contribution in [0.15, 0.2) is 18.2 Å². The normalized spacial score (nSPS) is 24.9. The van der Waals surface area contributed by atoms with Crippen molar-refractivity contribution in [2.75, 3.05) is 5.32 Å². The van der Waals surface area contributed by atoms with Crippen LogP contribution in [0.1, 0.15) is 41.6 Å². The number of hydrogen-bond acceptors (Lipinski definition) is 3. The lowest BCUT2D eigenvalue weighted by molar-refractivity contribution is -0.115. The van der Waals surface area contributed by atoms with Crippen LogP contribution in [0.4, 0.5) is 5.69 Å². The van der Waals surface area contributed by atoms with Gasteiger partial charge < -0.3 is 16.4 Å². The third-order valence-electron chi connectivity index (χ3n) is 4.12. The van der Waals surface area contributed by atoms with Crippen molar-refractivity contribution >= 4 is 17.5 Å². The molecule has 4 N–H and O–H groups in total. The van der Waals surface area contributed by atoms with Crippen molar-refractivity contribution in [1.82, 2.24) is 5.32 Å². The third kappa shape index (κ3) is 2.54. The van der Waals surface area contributed by atoms with E-state index >= 15 is 0 Å². The number of amides is 2. The van der Waals surface area contributed by atoms with Crippen LogP contribution in [-0.2, 0) is 11.2 Å². The number of nitrogens with one attached hydrogen (secondary N) is 2. The Morgan fingerprint density at radius 2 is 2.00 bits per heavy atom. The summed E-state index contributed by atoms with van der Waals surface area (Å²) in [6.07, 6.45) is 4.11. The smallest absolute Gasteiger partial charge is 0.253 e. The summed E-state index contributed by atoms with van der Waals surface area (Å²) in [7, 11) is 0. The van der Waals surface area contributed by atoms with Crippen LogP contribution in [0.5, 0.6) is 0 Å². The van der Waals surface area contributed by atoms with Crippen LogP contribution in [0.3, 0.4) is 0 Å². The molecule has 0 spiro atoms. The van der Waals surface area contributed by atoms with Gasteiger partial charge in [0.15, 0.2) is 0 Å². The minimum Gasteiger partial charge on any atom is -0.349 e. The van der Waals surface area contributed by atoms with Crippen LogP contribution < -0.4 is 16.4 Å². The molecule has 106 valence electrons. The summed E-state index contributed by atoms with van der Waals surface area (Å²) in [5.41, 5.74) is 7.99. The molecule has 1 heterocycles. The van der Waals surface area contributed by atoms with E-state index in [1.807, 2.05) is 12.1 Å². The lowest BCUT2D eigenvalue weighted by Gasteiger charge is -2.27. The zero-order chi connectivity index (χ0) is 14.1. The van der Waals surface area contributed by atoms with E-state index in [4.69, 9.17) is 5.73 Å². The fraction of sp³-hybridized carbons (Fsp3) is 0.467. The Balaban J connectivity index is 1.72. The molecule has 0 radical (unpaired) electrons. The highest BCUT2D eigenvalue weighted by Gasteiger charge is 2.25. The minimum atomic E-state index is -0.107. The van der Waals surface area contributed by atoms with Crippen molar-refractivity contribution in [3.8, 4) is 0 Å². The number of para-hydroxylation sites is 1. The average molecular weight is 273 g/mol. The second kappa shape index (κ2) is 5.25. The molecule has 1 saturated carbocycles. The molecule has 2 amide bonds. The number of nitrogens with two attached hydrogens (primary N) is 1. The number of rotatable bonds is 2. The van der Waals surface area contributed by atoms with E-state index in [9.17, 15) is 9.59 Å². The van der Waals surface area contributed by atoms with Crippen LogP contribution in [0.2, 0.25) is 0 Å². The van der Waals surface area contributed by atoms with Crippen molar-refractivity contribution in [3.63, 3.8) is 0 Å². The standard InChI is InChI=1S/C15H19N3O2/c16-10-4-6-11(7-5-10)17-15(20)12-3-1-2-9-8-13(19)18-14(9)12/h1-3,10-11H,4-8,16H2,(H,17,20)(H,18,19). The van der Waals surface area contributed by atoms with Gasteiger partial charge in [-0.25, -0.2) is 0 Å². The van der Waals surface area contributed by atoms with Crippen LogP contribution >= 0.6 is 0 Å². The van der Waals surface area contributed by atoms with E-state index in [-0.39, 0.29) is 23.9 Å². The molecule has 0 atom stereocenters. The van der Waals surface area contributed by atoms with Gasteiger partial charge in [0.25, 0.3) is 5.91 Å². The summed E-state index contributed by atoms with van der Waals surface area (Å²) in [5, 5.41) is 5.83. The summed E-state index contributed by atoms with van der Waals surface area (Å²) in [5.74, 6) is -0.159. The Bertz CT molecular complexity index is 548. The van der Waals surface area contributed by atoms with Gasteiger partial charge in [-0.2, -0.15) is 0 Å². The SMILES string of the molecule is NC1CCC(NC(=O)c2cccc3c2NC(=O)C3)CC1. The Morgan fingerprint density at radius 1 is 1.25 bits per heavy atom. The van der Waals surface area contributed by atoms with Gasteiger partial charge in [0, 0.05) is 12.1 Å². The molecule has 5 nitrogen and oxygen atoms in total. The van der Waals surface area contributed by atoms with Gasteiger partial charge in [-0.1, -0.05) is 12.1 Å². The maximum absolute atomic E-state index is 12.4. The van der Waals surface area contributed by atoms with Crippen molar-refractivity contribution in [1.29, 1.82) is 0 Å². The molecule has 1 aromatic carbocycles. The van der Waals surface area contributed by atoms with E-state index in [0.717, 1.165) is 31.2 Å². The number of hydrogen-bond donors (Lipinski definition) is 3. The van der Waals surface area contributed by atoms with Crippen molar-refractivity contribution in [3.05, 3.63) is 29.3 Å². The van der Waals surface area contributed by atoms with E-state index in [0.29, 0.717) is 17.7 Å². The Labute approximate surface area is 117 Å². The van der Waals surface area contributed by atoms with Crippen LogP contribution in [0, 0.1) is 0 Å². The van der Waals surface area contributed by atoms with E-state index in [2.05, 4.69) is 10.6 Å². The van der Waals surface area contributed by atoms with E-state index in [1.165, 1.54) is 0 Å². The van der Waals surface area contributed by atoms with Crippen LogP contribution in [-0.4, -0.2) is 23.9 Å². The Hall–Kier alpha value is -1.88. The molecule has 3 rings (SSSR count). The molecular formula is C15H19N3O2. The van der Waals surface area contributed by atoms with Gasteiger partial charge in [0.2, 0.25) is 5.91 Å². The molecule has 5 heteroatoms. The number of benzene rings is 1. The first-order chi connectivity index (χ1) is 9.63. The Kier molecular flexibility index (Phi) is 3.44. The topological polar surface area (TPSA) is 84.2 Å². The highest BCUT2D eigenvalue weighted by Crippen LogP contribution is 2.27. The molecule has 1 fully saturated rings. The highest BCUT2D eigenvalue weighted by molar-refractivity contribution is 6.08. The van der Waals surface area contributed by atoms with Crippen molar-refractivity contribution in [2.24, 2.45) is 5.73 Å². The van der Waals surface area contributed by atoms with Gasteiger partial charge in [-0.05, 0) is 37.3 Å². The lowest BCUT2D eigenvalue weighted by Crippen LogP contribution is -2.40. The number of carbonyl (C=O) groups excluding carboxylic acids is 2. The Morgan fingerprint density at radius 3 is 2.75 bits per heavy atom. The van der Waals surface area contributed by atoms with Crippen LogP contribution in [0.25, 0.3) is 0 Å². The zero-order valence-electron chi connectivity index (χ0n) is 11.3. The summed E-state index contributed by atoms with van der Waals surface area (Å²) >= 11 is 0. The monoisotopic (exact) mass is 273 g/mol. The fourth-order valence-corrected chi connectivity index (χ4v) is 2.97. The fourth-order valence-electron chi connectivity index (χ4n) is 2.97. The molecular weight excluding hydrogens is 254 g/mol. The van der Waals surface area contributed by atoms with Gasteiger partial charge in [-0.3, -0.25) is 9.59 Å². The zero-order valence-corrected chi connectivity index (χ0v) is 11.3. The first-order valence-corrected chi connectivity index (χ1v) is 7.11. The van der Waals surface area contributed by atoms with Gasteiger partial charge in [-0.15, -0.1) is 0 Å². The molecule has 1 aromatic rings. The van der Waals surface area contributed by atoms with E-state index in [1.54, 1.807) is 6.07 Å².